The summed E-state index contributed by atoms with van der Waals surface area (Å²) in [5, 5.41) is 9.35. The minimum absolute atomic E-state index is 0.278. The SMILES string of the molecule is CC(=NC(=N)NC(N)=O)N1C=COCC1. The van der Waals surface area contributed by atoms with Gasteiger partial charge in [-0.05, 0) is 6.92 Å². The number of rotatable bonds is 0. The molecule has 0 aromatic carbocycles. The van der Waals surface area contributed by atoms with E-state index in [0.29, 0.717) is 19.0 Å². The van der Waals surface area contributed by atoms with Crippen molar-refractivity contribution in [1.82, 2.24) is 10.2 Å². The van der Waals surface area contributed by atoms with Gasteiger partial charge in [-0.3, -0.25) is 10.7 Å². The summed E-state index contributed by atoms with van der Waals surface area (Å²) in [5.74, 6) is 0.313. The van der Waals surface area contributed by atoms with Crippen LogP contribution in [0.4, 0.5) is 4.79 Å². The third-order valence-electron chi connectivity index (χ3n) is 1.72. The lowest BCUT2D eigenvalue weighted by Crippen LogP contribution is -2.36. The van der Waals surface area contributed by atoms with Crippen LogP contribution in [0.25, 0.3) is 0 Å². The maximum absolute atomic E-state index is 10.4. The molecule has 0 radical (unpaired) electrons. The molecular weight excluding hydrogens is 198 g/mol. The van der Waals surface area contributed by atoms with Gasteiger partial charge in [0.2, 0.25) is 5.96 Å². The number of nitrogens with zero attached hydrogens (tertiary/aromatic N) is 2. The molecule has 0 fully saturated rings. The number of carbonyl (C=O) groups excluding carboxylic acids is 1. The Labute approximate surface area is 87.1 Å². The molecule has 7 nitrogen and oxygen atoms in total. The smallest absolute Gasteiger partial charge is 0.318 e. The Morgan fingerprint density at radius 2 is 2.47 bits per heavy atom. The quantitative estimate of drug-likeness (QED) is 0.382. The van der Waals surface area contributed by atoms with E-state index in [9.17, 15) is 4.79 Å². The van der Waals surface area contributed by atoms with Gasteiger partial charge in [0.15, 0.2) is 0 Å². The van der Waals surface area contributed by atoms with Gasteiger partial charge in [-0.2, -0.15) is 0 Å². The Morgan fingerprint density at radius 1 is 1.73 bits per heavy atom. The Morgan fingerprint density at radius 3 is 3.00 bits per heavy atom. The summed E-state index contributed by atoms with van der Waals surface area (Å²) < 4.78 is 5.00. The fraction of sp³-hybridized carbons (Fsp3) is 0.375. The fourth-order valence-electron chi connectivity index (χ4n) is 1.05. The molecule has 0 aromatic heterocycles. The minimum atomic E-state index is -0.797. The number of nitrogens with one attached hydrogen (secondary N) is 2. The van der Waals surface area contributed by atoms with Gasteiger partial charge in [-0.1, -0.05) is 0 Å². The molecule has 0 aromatic rings. The number of urea groups is 1. The van der Waals surface area contributed by atoms with Crippen molar-refractivity contribution in [3.63, 3.8) is 0 Å². The summed E-state index contributed by atoms with van der Waals surface area (Å²) in [5.41, 5.74) is 4.84. The van der Waals surface area contributed by atoms with Crippen molar-refractivity contribution in [1.29, 1.82) is 5.41 Å². The average Bonchev–Trinajstić information content (AvgIpc) is 2.17. The average molecular weight is 211 g/mol. The minimum Gasteiger partial charge on any atom is -0.498 e. The molecular formula is C8H13N5O2. The van der Waals surface area contributed by atoms with Crippen LogP contribution in [0.15, 0.2) is 17.5 Å². The topological polar surface area (TPSA) is 104 Å². The lowest BCUT2D eigenvalue weighted by Gasteiger charge is -2.22. The second-order valence-electron chi connectivity index (χ2n) is 2.85. The number of amides is 2. The van der Waals surface area contributed by atoms with Gasteiger partial charge in [-0.15, -0.1) is 0 Å². The maximum atomic E-state index is 10.4. The van der Waals surface area contributed by atoms with E-state index in [-0.39, 0.29) is 5.96 Å². The molecule has 0 aliphatic carbocycles. The lowest BCUT2D eigenvalue weighted by molar-refractivity contribution is 0.204. The highest BCUT2D eigenvalue weighted by Crippen LogP contribution is 1.99. The predicted molar refractivity (Wildman–Crippen MR) is 55.4 cm³/mol. The molecule has 2 amide bonds. The number of aliphatic imine (C=N–C) groups is 1. The molecule has 0 atom stereocenters. The Kier molecular flexibility index (Phi) is 3.67. The molecule has 1 rings (SSSR count). The zero-order valence-electron chi connectivity index (χ0n) is 8.36. The maximum Gasteiger partial charge on any atom is 0.318 e. The van der Waals surface area contributed by atoms with E-state index >= 15 is 0 Å². The molecule has 7 heteroatoms. The van der Waals surface area contributed by atoms with Crippen LogP contribution in [0.2, 0.25) is 0 Å². The van der Waals surface area contributed by atoms with E-state index in [1.165, 1.54) is 0 Å². The summed E-state index contributed by atoms with van der Waals surface area (Å²) in [4.78, 5) is 16.1. The molecule has 0 bridgehead atoms. The van der Waals surface area contributed by atoms with Gasteiger partial charge in [0, 0.05) is 6.20 Å². The van der Waals surface area contributed by atoms with Crippen molar-refractivity contribution in [3.8, 4) is 0 Å². The van der Waals surface area contributed by atoms with Crippen molar-refractivity contribution in [2.75, 3.05) is 13.2 Å². The van der Waals surface area contributed by atoms with E-state index in [1.54, 1.807) is 24.3 Å². The van der Waals surface area contributed by atoms with E-state index < -0.39 is 6.03 Å². The summed E-state index contributed by atoms with van der Waals surface area (Å²) >= 11 is 0. The number of nitrogens with two attached hydrogens (primary N) is 1. The van der Waals surface area contributed by atoms with Gasteiger partial charge in [-0.25, -0.2) is 9.79 Å². The van der Waals surface area contributed by atoms with Crippen LogP contribution in [0, 0.1) is 5.41 Å². The number of carbonyl (C=O) groups is 1. The Bertz CT molecular complexity index is 323. The van der Waals surface area contributed by atoms with Crippen LogP contribution < -0.4 is 11.1 Å². The van der Waals surface area contributed by atoms with Crippen LogP contribution in [0.5, 0.6) is 0 Å². The molecule has 1 heterocycles. The summed E-state index contributed by atoms with van der Waals surface area (Å²) in [6, 6.07) is -0.797. The number of ether oxygens (including phenoxy) is 1. The standard InChI is InChI=1S/C8H13N5O2/c1-6(11-7(9)12-8(10)14)13-2-4-15-5-3-13/h2,4H,3,5H2,1H3,(H4,9,10,12,14). The van der Waals surface area contributed by atoms with Gasteiger partial charge in [0.1, 0.15) is 12.4 Å². The molecule has 0 saturated carbocycles. The lowest BCUT2D eigenvalue weighted by atomic mass is 10.4. The van der Waals surface area contributed by atoms with Crippen molar-refractivity contribution in [2.45, 2.75) is 6.92 Å². The molecule has 1 aliphatic heterocycles. The fourth-order valence-corrected chi connectivity index (χ4v) is 1.05. The van der Waals surface area contributed by atoms with Gasteiger partial charge >= 0.3 is 6.03 Å². The summed E-state index contributed by atoms with van der Waals surface area (Å²) in [6.45, 7) is 2.96. The van der Waals surface area contributed by atoms with Crippen LogP contribution in [-0.2, 0) is 4.74 Å². The molecule has 0 spiro atoms. The third kappa shape index (κ3) is 3.67. The van der Waals surface area contributed by atoms with E-state index in [0.717, 1.165) is 0 Å². The van der Waals surface area contributed by atoms with Crippen molar-refractivity contribution in [2.24, 2.45) is 10.7 Å². The second kappa shape index (κ2) is 4.99. The molecule has 0 unspecified atom stereocenters. The van der Waals surface area contributed by atoms with Crippen molar-refractivity contribution < 1.29 is 9.53 Å². The molecule has 4 N–H and O–H groups in total. The number of hydrogen-bond acceptors (Lipinski definition) is 3. The summed E-state index contributed by atoms with van der Waals surface area (Å²) in [7, 11) is 0. The van der Waals surface area contributed by atoms with E-state index in [1.807, 2.05) is 0 Å². The highest BCUT2D eigenvalue weighted by Gasteiger charge is 2.08. The zero-order chi connectivity index (χ0) is 11.3. The molecule has 1 aliphatic rings. The second-order valence-corrected chi connectivity index (χ2v) is 2.85. The normalized spacial score (nSPS) is 15.8. The largest absolute Gasteiger partial charge is 0.498 e. The predicted octanol–water partition coefficient (Wildman–Crippen LogP) is -0.189. The van der Waals surface area contributed by atoms with E-state index in [4.69, 9.17) is 15.9 Å². The summed E-state index contributed by atoms with van der Waals surface area (Å²) in [6.07, 6.45) is 3.26. The first kappa shape index (κ1) is 11.0. The zero-order valence-corrected chi connectivity index (χ0v) is 8.36. The van der Waals surface area contributed by atoms with Crippen LogP contribution in [0.1, 0.15) is 6.92 Å². The molecule has 15 heavy (non-hydrogen) atoms. The van der Waals surface area contributed by atoms with Gasteiger partial charge < -0.3 is 15.4 Å². The monoisotopic (exact) mass is 211 g/mol. The Hall–Kier alpha value is -2.05. The highest BCUT2D eigenvalue weighted by molar-refractivity contribution is 6.00. The van der Waals surface area contributed by atoms with Crippen LogP contribution in [0.3, 0.4) is 0 Å². The van der Waals surface area contributed by atoms with Crippen LogP contribution in [-0.4, -0.2) is 35.9 Å². The van der Waals surface area contributed by atoms with Crippen molar-refractivity contribution in [3.05, 3.63) is 12.5 Å². The van der Waals surface area contributed by atoms with E-state index in [2.05, 4.69) is 10.3 Å². The number of primary amides is 1. The number of amidine groups is 1. The van der Waals surface area contributed by atoms with Crippen molar-refractivity contribution >= 4 is 17.8 Å². The number of guanidine groups is 1. The third-order valence-corrected chi connectivity index (χ3v) is 1.72. The van der Waals surface area contributed by atoms with Crippen LogP contribution >= 0.6 is 0 Å². The highest BCUT2D eigenvalue weighted by atomic mass is 16.5. The molecule has 0 saturated heterocycles. The first-order valence-electron chi connectivity index (χ1n) is 4.35. The van der Waals surface area contributed by atoms with Gasteiger partial charge in [0.25, 0.3) is 0 Å². The molecule has 82 valence electrons. The number of hydrogen-bond donors (Lipinski definition) is 3. The Balaban J connectivity index is 2.57. The first-order chi connectivity index (χ1) is 7.09. The van der Waals surface area contributed by atoms with Gasteiger partial charge in [0.05, 0.1) is 12.8 Å². The first-order valence-corrected chi connectivity index (χ1v) is 4.35.